The van der Waals surface area contributed by atoms with Gasteiger partial charge in [-0.05, 0) is 48.8 Å². The Bertz CT molecular complexity index is 491. The second-order valence-corrected chi connectivity index (χ2v) is 7.15. The molecule has 0 aromatic heterocycles. The number of halogens is 1. The van der Waals surface area contributed by atoms with Crippen LogP contribution in [0.15, 0.2) is 29.3 Å². The minimum Gasteiger partial charge on any atom is -0.372 e. The molecular weight excluding hydrogens is 411 g/mol. The highest BCUT2D eigenvalue weighted by Crippen LogP contribution is 2.23. The van der Waals surface area contributed by atoms with Crippen LogP contribution in [0.2, 0.25) is 0 Å². The van der Waals surface area contributed by atoms with Gasteiger partial charge in [-0.2, -0.15) is 0 Å². The van der Waals surface area contributed by atoms with E-state index in [0.717, 1.165) is 18.9 Å². The summed E-state index contributed by atoms with van der Waals surface area (Å²) < 4.78 is 0. The minimum absolute atomic E-state index is 0. The summed E-state index contributed by atoms with van der Waals surface area (Å²) in [5.41, 5.74) is 8.43. The standard InChI is InChI=1S/C19H32N4.HI/c1-15(2)8-11-21-19(20)22-14-17-4-6-18(7-5-17)23-12-9-16(3)10-13-23;/h4-7,15-16H,8-14H2,1-3H3,(H3,20,21,22);1H. The lowest BCUT2D eigenvalue weighted by Crippen LogP contribution is -2.33. The number of aliphatic imine (C=N–C) groups is 1. The average Bonchev–Trinajstić information content (AvgIpc) is 2.54. The van der Waals surface area contributed by atoms with Gasteiger partial charge in [0.1, 0.15) is 0 Å². The van der Waals surface area contributed by atoms with Crippen LogP contribution in [0.4, 0.5) is 5.69 Å². The Kier molecular flexibility index (Phi) is 9.48. The summed E-state index contributed by atoms with van der Waals surface area (Å²) >= 11 is 0. The second kappa shape index (κ2) is 10.8. The van der Waals surface area contributed by atoms with Gasteiger partial charge in [0.2, 0.25) is 0 Å². The number of nitrogens with two attached hydrogens (primary N) is 1. The number of guanidine groups is 1. The Morgan fingerprint density at radius 2 is 1.88 bits per heavy atom. The first-order valence-corrected chi connectivity index (χ1v) is 8.92. The topological polar surface area (TPSA) is 53.6 Å². The van der Waals surface area contributed by atoms with Crippen LogP contribution in [0.3, 0.4) is 0 Å². The van der Waals surface area contributed by atoms with E-state index in [-0.39, 0.29) is 24.0 Å². The highest BCUT2D eigenvalue weighted by Gasteiger charge is 2.15. The van der Waals surface area contributed by atoms with Crippen molar-refractivity contribution in [2.45, 2.75) is 46.6 Å². The van der Waals surface area contributed by atoms with Gasteiger partial charge in [0.25, 0.3) is 0 Å². The molecule has 1 aromatic rings. The number of hydrogen-bond donors (Lipinski definition) is 2. The number of benzene rings is 1. The van der Waals surface area contributed by atoms with Crippen LogP contribution in [0.25, 0.3) is 0 Å². The van der Waals surface area contributed by atoms with Crippen LogP contribution in [0.1, 0.15) is 45.6 Å². The zero-order valence-corrected chi connectivity index (χ0v) is 17.6. The van der Waals surface area contributed by atoms with Crippen LogP contribution in [0.5, 0.6) is 0 Å². The molecule has 1 aliphatic heterocycles. The molecule has 0 atom stereocenters. The summed E-state index contributed by atoms with van der Waals surface area (Å²) in [6.07, 6.45) is 3.70. The van der Waals surface area contributed by atoms with Crippen molar-refractivity contribution >= 4 is 35.6 Å². The molecule has 1 aromatic carbocycles. The monoisotopic (exact) mass is 444 g/mol. The Labute approximate surface area is 164 Å². The maximum Gasteiger partial charge on any atom is 0.188 e. The third-order valence-corrected chi connectivity index (χ3v) is 4.54. The van der Waals surface area contributed by atoms with Crippen LogP contribution in [-0.4, -0.2) is 25.6 Å². The van der Waals surface area contributed by atoms with E-state index in [1.165, 1.54) is 37.2 Å². The lowest BCUT2D eigenvalue weighted by molar-refractivity contribution is 0.438. The average molecular weight is 444 g/mol. The van der Waals surface area contributed by atoms with E-state index >= 15 is 0 Å². The summed E-state index contributed by atoms with van der Waals surface area (Å²) in [4.78, 5) is 6.89. The van der Waals surface area contributed by atoms with E-state index in [9.17, 15) is 0 Å². The SMILES string of the molecule is CC(C)CCNC(N)=NCc1ccc(N2CCC(C)CC2)cc1.I. The first-order chi connectivity index (χ1) is 11.0. The lowest BCUT2D eigenvalue weighted by atomic mass is 9.99. The van der Waals surface area contributed by atoms with Crippen LogP contribution >= 0.6 is 24.0 Å². The van der Waals surface area contributed by atoms with Crippen molar-refractivity contribution in [2.75, 3.05) is 24.5 Å². The molecule has 4 nitrogen and oxygen atoms in total. The molecule has 1 aliphatic rings. The number of nitrogens with zero attached hydrogens (tertiary/aromatic N) is 2. The maximum atomic E-state index is 5.90. The highest BCUT2D eigenvalue weighted by atomic mass is 127. The van der Waals surface area contributed by atoms with Gasteiger partial charge in [-0.3, -0.25) is 0 Å². The summed E-state index contributed by atoms with van der Waals surface area (Å²) in [5.74, 6) is 2.09. The molecular formula is C19H33IN4. The normalized spacial score (nSPS) is 16.2. The molecule has 0 bridgehead atoms. The van der Waals surface area contributed by atoms with Gasteiger partial charge in [0.05, 0.1) is 6.54 Å². The summed E-state index contributed by atoms with van der Waals surface area (Å²) in [5, 5.41) is 3.17. The Morgan fingerprint density at radius 3 is 2.46 bits per heavy atom. The van der Waals surface area contributed by atoms with E-state index in [0.29, 0.717) is 18.4 Å². The van der Waals surface area contributed by atoms with Gasteiger partial charge in [-0.15, -0.1) is 24.0 Å². The molecule has 0 radical (unpaired) electrons. The Balaban J connectivity index is 0.00000288. The number of rotatable bonds is 6. The molecule has 1 fully saturated rings. The van der Waals surface area contributed by atoms with E-state index in [4.69, 9.17) is 5.73 Å². The lowest BCUT2D eigenvalue weighted by Gasteiger charge is -2.32. The van der Waals surface area contributed by atoms with Crippen LogP contribution < -0.4 is 16.0 Å². The molecule has 1 heterocycles. The van der Waals surface area contributed by atoms with E-state index in [1.54, 1.807) is 0 Å². The highest BCUT2D eigenvalue weighted by molar-refractivity contribution is 14.0. The van der Waals surface area contributed by atoms with Crippen molar-refractivity contribution in [3.05, 3.63) is 29.8 Å². The van der Waals surface area contributed by atoms with Gasteiger partial charge < -0.3 is 16.0 Å². The molecule has 24 heavy (non-hydrogen) atoms. The van der Waals surface area contributed by atoms with Crippen LogP contribution in [0, 0.1) is 11.8 Å². The number of hydrogen-bond acceptors (Lipinski definition) is 2. The van der Waals surface area contributed by atoms with E-state index < -0.39 is 0 Å². The quantitative estimate of drug-likeness (QED) is 0.396. The molecule has 0 amide bonds. The fraction of sp³-hybridized carbons (Fsp3) is 0.632. The molecule has 136 valence electrons. The molecule has 0 aliphatic carbocycles. The van der Waals surface area contributed by atoms with Crippen LogP contribution in [-0.2, 0) is 6.54 Å². The molecule has 0 saturated carbocycles. The van der Waals surface area contributed by atoms with Crippen molar-refractivity contribution in [1.29, 1.82) is 0 Å². The van der Waals surface area contributed by atoms with Crippen molar-refractivity contribution in [2.24, 2.45) is 22.6 Å². The summed E-state index contributed by atoms with van der Waals surface area (Å²) in [7, 11) is 0. The first-order valence-electron chi connectivity index (χ1n) is 8.92. The van der Waals surface area contributed by atoms with Crippen molar-refractivity contribution in [3.63, 3.8) is 0 Å². The molecule has 1 saturated heterocycles. The number of piperidine rings is 1. The predicted octanol–water partition coefficient (Wildman–Crippen LogP) is 3.99. The third-order valence-electron chi connectivity index (χ3n) is 4.54. The molecule has 2 rings (SSSR count). The third kappa shape index (κ3) is 7.28. The van der Waals surface area contributed by atoms with Gasteiger partial charge in [-0.25, -0.2) is 4.99 Å². The van der Waals surface area contributed by atoms with Gasteiger partial charge in [0, 0.05) is 25.3 Å². The van der Waals surface area contributed by atoms with Crippen molar-refractivity contribution in [1.82, 2.24) is 5.32 Å². The largest absolute Gasteiger partial charge is 0.372 e. The zero-order chi connectivity index (χ0) is 16.7. The summed E-state index contributed by atoms with van der Waals surface area (Å²) in [6, 6.07) is 8.75. The van der Waals surface area contributed by atoms with Crippen molar-refractivity contribution < 1.29 is 0 Å². The van der Waals surface area contributed by atoms with Crippen molar-refractivity contribution in [3.8, 4) is 0 Å². The number of nitrogens with one attached hydrogen (secondary N) is 1. The van der Waals surface area contributed by atoms with Gasteiger partial charge in [-0.1, -0.05) is 32.9 Å². The molecule has 5 heteroatoms. The fourth-order valence-corrected chi connectivity index (χ4v) is 2.80. The Hall–Kier alpha value is -0.980. The first kappa shape index (κ1) is 21.1. The maximum absolute atomic E-state index is 5.90. The van der Waals surface area contributed by atoms with Gasteiger partial charge in [0.15, 0.2) is 5.96 Å². The molecule has 0 unspecified atom stereocenters. The number of anilines is 1. The zero-order valence-electron chi connectivity index (χ0n) is 15.3. The minimum atomic E-state index is 0. The predicted molar refractivity (Wildman–Crippen MR) is 115 cm³/mol. The van der Waals surface area contributed by atoms with E-state index in [2.05, 4.69) is 60.2 Å². The Morgan fingerprint density at radius 1 is 1.25 bits per heavy atom. The summed E-state index contributed by atoms with van der Waals surface area (Å²) in [6.45, 7) is 10.6. The second-order valence-electron chi connectivity index (χ2n) is 7.15. The molecule has 0 spiro atoms. The van der Waals surface area contributed by atoms with E-state index in [1.807, 2.05) is 0 Å². The fourth-order valence-electron chi connectivity index (χ4n) is 2.80. The molecule has 3 N–H and O–H groups in total. The smallest absolute Gasteiger partial charge is 0.188 e. The van der Waals surface area contributed by atoms with Gasteiger partial charge >= 0.3 is 0 Å².